The highest BCUT2D eigenvalue weighted by atomic mass is 16.2. The summed E-state index contributed by atoms with van der Waals surface area (Å²) in [5, 5.41) is 6.96. The molecule has 7 heteroatoms. The molecule has 0 unspecified atom stereocenters. The molecule has 0 spiro atoms. The predicted molar refractivity (Wildman–Crippen MR) is 102 cm³/mol. The van der Waals surface area contributed by atoms with E-state index in [0.29, 0.717) is 6.42 Å². The third-order valence-electron chi connectivity index (χ3n) is 4.52. The van der Waals surface area contributed by atoms with Gasteiger partial charge in [0, 0.05) is 24.3 Å². The average Bonchev–Trinajstić information content (AvgIpc) is 3.35. The van der Waals surface area contributed by atoms with Crippen LogP contribution >= 0.6 is 0 Å². The van der Waals surface area contributed by atoms with Crippen molar-refractivity contribution in [2.24, 2.45) is 0 Å². The van der Waals surface area contributed by atoms with Crippen molar-refractivity contribution in [1.29, 1.82) is 0 Å². The van der Waals surface area contributed by atoms with Crippen LogP contribution in [0.25, 0.3) is 5.69 Å². The molecule has 2 heterocycles. The first-order chi connectivity index (χ1) is 13.2. The zero-order valence-corrected chi connectivity index (χ0v) is 14.7. The topological polar surface area (TPSA) is 80.1 Å². The Labute approximate surface area is 156 Å². The summed E-state index contributed by atoms with van der Waals surface area (Å²) in [6.07, 6.45) is 4.88. The molecular weight excluding hydrogens is 342 g/mol. The fraction of sp³-hybridized carbons (Fsp3) is 0.200. The van der Waals surface area contributed by atoms with Crippen molar-refractivity contribution in [2.75, 3.05) is 16.8 Å². The number of benzene rings is 2. The third kappa shape index (κ3) is 3.87. The summed E-state index contributed by atoms with van der Waals surface area (Å²) < 4.78 is 1.65. The summed E-state index contributed by atoms with van der Waals surface area (Å²) in [6, 6.07) is 15.0. The minimum absolute atomic E-state index is 0.0893. The van der Waals surface area contributed by atoms with Crippen molar-refractivity contribution in [3.63, 3.8) is 0 Å². The fourth-order valence-corrected chi connectivity index (χ4v) is 3.14. The van der Waals surface area contributed by atoms with Crippen LogP contribution in [-0.2, 0) is 16.0 Å². The highest BCUT2D eigenvalue weighted by Crippen LogP contribution is 2.22. The van der Waals surface area contributed by atoms with Crippen molar-refractivity contribution in [1.82, 2.24) is 14.8 Å². The van der Waals surface area contributed by atoms with Crippen molar-refractivity contribution in [3.05, 3.63) is 66.7 Å². The number of amides is 2. The monoisotopic (exact) mass is 361 g/mol. The molecule has 3 aromatic rings. The maximum Gasteiger partial charge on any atom is 0.228 e. The van der Waals surface area contributed by atoms with Crippen LogP contribution in [0, 0.1) is 0 Å². The highest BCUT2D eigenvalue weighted by Gasteiger charge is 2.21. The molecule has 0 saturated carbocycles. The number of carbonyl (C=O) groups is 2. The van der Waals surface area contributed by atoms with Gasteiger partial charge in [0.25, 0.3) is 0 Å². The number of aromatic nitrogens is 3. The van der Waals surface area contributed by atoms with E-state index in [9.17, 15) is 9.59 Å². The standard InChI is InChI=1S/C20H19N5O2/c26-19(23-16-5-9-18(10-6-16)25-14-21-13-22-25)12-15-3-7-17(8-4-15)24-11-1-2-20(24)27/h3-10,13-14H,1-2,11-12H2,(H,23,26). The molecule has 1 aliphatic rings. The van der Waals surface area contributed by atoms with Crippen LogP contribution in [0.2, 0.25) is 0 Å². The first-order valence-electron chi connectivity index (χ1n) is 8.83. The summed E-state index contributed by atoms with van der Waals surface area (Å²) in [5.41, 5.74) is 3.40. The van der Waals surface area contributed by atoms with E-state index in [1.54, 1.807) is 15.9 Å². The highest BCUT2D eigenvalue weighted by molar-refractivity contribution is 5.95. The lowest BCUT2D eigenvalue weighted by Crippen LogP contribution is -2.23. The lowest BCUT2D eigenvalue weighted by atomic mass is 10.1. The molecule has 0 radical (unpaired) electrons. The molecule has 1 fully saturated rings. The summed E-state index contributed by atoms with van der Waals surface area (Å²) in [6.45, 7) is 0.767. The van der Waals surface area contributed by atoms with Crippen LogP contribution in [0.1, 0.15) is 18.4 Å². The molecule has 2 amide bonds. The van der Waals surface area contributed by atoms with Gasteiger partial charge in [-0.3, -0.25) is 9.59 Å². The van der Waals surface area contributed by atoms with Gasteiger partial charge >= 0.3 is 0 Å². The van der Waals surface area contributed by atoms with E-state index in [2.05, 4.69) is 15.4 Å². The van der Waals surface area contributed by atoms with E-state index in [4.69, 9.17) is 0 Å². The Kier molecular flexibility index (Phi) is 4.65. The van der Waals surface area contributed by atoms with Gasteiger partial charge in [-0.1, -0.05) is 12.1 Å². The zero-order valence-electron chi connectivity index (χ0n) is 14.7. The molecule has 1 saturated heterocycles. The summed E-state index contributed by atoms with van der Waals surface area (Å²) in [5.74, 6) is 0.0725. The van der Waals surface area contributed by atoms with Crippen LogP contribution in [0.4, 0.5) is 11.4 Å². The molecule has 2 aromatic carbocycles. The van der Waals surface area contributed by atoms with Crippen molar-refractivity contribution in [3.8, 4) is 5.69 Å². The Bertz CT molecular complexity index is 934. The number of nitrogens with one attached hydrogen (secondary N) is 1. The van der Waals surface area contributed by atoms with Crippen LogP contribution in [0.5, 0.6) is 0 Å². The molecule has 7 nitrogen and oxygen atoms in total. The van der Waals surface area contributed by atoms with Gasteiger partial charge in [-0.15, -0.1) is 0 Å². The van der Waals surface area contributed by atoms with E-state index >= 15 is 0 Å². The van der Waals surface area contributed by atoms with E-state index in [1.165, 1.54) is 6.33 Å². The smallest absolute Gasteiger partial charge is 0.228 e. The molecule has 1 aliphatic heterocycles. The minimum atomic E-state index is -0.0893. The van der Waals surface area contributed by atoms with E-state index in [1.807, 2.05) is 48.5 Å². The molecule has 0 aliphatic carbocycles. The molecular formula is C20H19N5O2. The number of nitrogens with zero attached hydrogens (tertiary/aromatic N) is 4. The summed E-state index contributed by atoms with van der Waals surface area (Å²) in [7, 11) is 0. The number of anilines is 2. The Balaban J connectivity index is 1.35. The predicted octanol–water partition coefficient (Wildman–Crippen LogP) is 2.58. The SMILES string of the molecule is O=C(Cc1ccc(N2CCCC2=O)cc1)Nc1ccc(-n2cncn2)cc1. The molecule has 4 rings (SSSR count). The Hall–Kier alpha value is -3.48. The first-order valence-corrected chi connectivity index (χ1v) is 8.83. The quantitative estimate of drug-likeness (QED) is 0.757. The third-order valence-corrected chi connectivity index (χ3v) is 4.52. The second-order valence-electron chi connectivity index (χ2n) is 6.43. The maximum absolute atomic E-state index is 12.3. The molecule has 1 aromatic heterocycles. The molecule has 1 N–H and O–H groups in total. The van der Waals surface area contributed by atoms with Gasteiger partial charge in [0.2, 0.25) is 11.8 Å². The fourth-order valence-electron chi connectivity index (χ4n) is 3.14. The lowest BCUT2D eigenvalue weighted by Gasteiger charge is -2.15. The van der Waals surface area contributed by atoms with E-state index < -0.39 is 0 Å². The largest absolute Gasteiger partial charge is 0.326 e. The van der Waals surface area contributed by atoms with Crippen LogP contribution in [-0.4, -0.2) is 33.1 Å². The minimum Gasteiger partial charge on any atom is -0.326 e. The van der Waals surface area contributed by atoms with Crippen molar-refractivity contribution < 1.29 is 9.59 Å². The number of carbonyl (C=O) groups excluding carboxylic acids is 2. The van der Waals surface area contributed by atoms with Crippen LogP contribution in [0.15, 0.2) is 61.2 Å². The maximum atomic E-state index is 12.3. The van der Waals surface area contributed by atoms with Crippen LogP contribution in [0.3, 0.4) is 0 Å². The zero-order chi connectivity index (χ0) is 18.6. The summed E-state index contributed by atoms with van der Waals surface area (Å²) in [4.78, 5) is 29.8. The molecule has 0 atom stereocenters. The Morgan fingerprint density at radius 3 is 2.41 bits per heavy atom. The van der Waals surface area contributed by atoms with Gasteiger partial charge in [-0.2, -0.15) is 5.10 Å². The first kappa shape index (κ1) is 17.0. The van der Waals surface area contributed by atoms with Crippen molar-refractivity contribution >= 4 is 23.2 Å². The van der Waals surface area contributed by atoms with Gasteiger partial charge in [-0.05, 0) is 48.4 Å². The summed E-state index contributed by atoms with van der Waals surface area (Å²) >= 11 is 0. The lowest BCUT2D eigenvalue weighted by molar-refractivity contribution is -0.117. The molecule has 136 valence electrons. The van der Waals surface area contributed by atoms with Gasteiger partial charge in [0.15, 0.2) is 0 Å². The second-order valence-corrected chi connectivity index (χ2v) is 6.43. The van der Waals surface area contributed by atoms with Crippen LogP contribution < -0.4 is 10.2 Å². The van der Waals surface area contributed by atoms with Gasteiger partial charge in [0.05, 0.1) is 12.1 Å². The van der Waals surface area contributed by atoms with Crippen molar-refractivity contribution in [2.45, 2.75) is 19.3 Å². The van der Waals surface area contributed by atoms with Gasteiger partial charge in [0.1, 0.15) is 12.7 Å². The van der Waals surface area contributed by atoms with Gasteiger partial charge < -0.3 is 10.2 Å². The normalized spacial score (nSPS) is 13.8. The molecule has 0 bridgehead atoms. The number of hydrogen-bond acceptors (Lipinski definition) is 4. The Morgan fingerprint density at radius 1 is 1.04 bits per heavy atom. The number of rotatable bonds is 5. The number of hydrogen-bond donors (Lipinski definition) is 1. The van der Waals surface area contributed by atoms with Gasteiger partial charge in [-0.25, -0.2) is 9.67 Å². The molecule has 27 heavy (non-hydrogen) atoms. The Morgan fingerprint density at radius 2 is 1.78 bits per heavy atom. The second kappa shape index (κ2) is 7.41. The average molecular weight is 361 g/mol. The van der Waals surface area contributed by atoms with E-state index in [0.717, 1.165) is 35.6 Å². The van der Waals surface area contributed by atoms with E-state index in [-0.39, 0.29) is 18.2 Å².